The first-order chi connectivity index (χ1) is 12.3. The van der Waals surface area contributed by atoms with E-state index in [0.717, 1.165) is 28.2 Å². The number of benzene rings is 1. The number of carbonyl (C=O) groups excluding carboxylic acids is 1. The van der Waals surface area contributed by atoms with Crippen LogP contribution in [0.4, 0.5) is 0 Å². The maximum absolute atomic E-state index is 12.6. The topological polar surface area (TPSA) is 75.4 Å². The Morgan fingerprint density at radius 3 is 2.59 bits per heavy atom. The number of carbonyl (C=O) groups is 2. The summed E-state index contributed by atoms with van der Waals surface area (Å²) in [5.41, 5.74) is 4.41. The van der Waals surface area contributed by atoms with Gasteiger partial charge in [-0.3, -0.25) is 9.59 Å². The van der Waals surface area contributed by atoms with Crippen molar-refractivity contribution < 1.29 is 14.7 Å². The van der Waals surface area contributed by atoms with Crippen LogP contribution in [0.5, 0.6) is 0 Å². The lowest BCUT2D eigenvalue weighted by Gasteiger charge is -2.16. The summed E-state index contributed by atoms with van der Waals surface area (Å²) in [7, 11) is 0. The van der Waals surface area contributed by atoms with E-state index in [4.69, 9.17) is 16.7 Å². The number of aromatic nitrogens is 2. The first kappa shape index (κ1) is 21.3. The predicted octanol–water partition coefficient (Wildman–Crippen LogP) is 3.35. The van der Waals surface area contributed by atoms with Crippen LogP contribution in [0.2, 0.25) is 5.02 Å². The highest BCUT2D eigenvalue weighted by atomic mass is 35.5. The van der Waals surface area contributed by atoms with Crippen molar-refractivity contribution in [3.8, 4) is 5.69 Å². The SMILES string of the molecule is Cc1ccc(-n2nc(C)c(CC(=O)N3CCC(C(=O)O)C3)c2C)cc1Cl.Cl. The molecule has 1 atom stereocenters. The maximum Gasteiger partial charge on any atom is 0.308 e. The molecule has 1 amide bonds. The molecule has 3 rings (SSSR count). The molecule has 1 saturated heterocycles. The standard InChI is InChI=1S/C19H22ClN3O3.ClH/c1-11-4-5-15(8-17(11)20)23-13(3)16(12(2)21-23)9-18(24)22-7-6-14(10-22)19(25)26;/h4-5,8,14H,6-7,9-10H2,1-3H3,(H,25,26);1H. The molecule has 27 heavy (non-hydrogen) atoms. The molecule has 0 bridgehead atoms. The van der Waals surface area contributed by atoms with E-state index in [-0.39, 0.29) is 31.3 Å². The number of aliphatic carboxylic acids is 1. The molecular formula is C19H23Cl2N3O3. The number of likely N-dealkylation sites (tertiary alicyclic amines) is 1. The van der Waals surface area contributed by atoms with Crippen LogP contribution in [0.3, 0.4) is 0 Å². The molecule has 146 valence electrons. The molecule has 2 heterocycles. The fraction of sp³-hybridized carbons (Fsp3) is 0.421. The normalized spacial score (nSPS) is 16.3. The van der Waals surface area contributed by atoms with Crippen LogP contribution in [-0.2, 0) is 16.0 Å². The van der Waals surface area contributed by atoms with Crippen LogP contribution >= 0.6 is 24.0 Å². The van der Waals surface area contributed by atoms with E-state index in [9.17, 15) is 9.59 Å². The van der Waals surface area contributed by atoms with Gasteiger partial charge in [0.25, 0.3) is 0 Å². The van der Waals surface area contributed by atoms with E-state index >= 15 is 0 Å². The molecule has 1 aromatic heterocycles. The molecule has 1 aliphatic rings. The molecule has 1 fully saturated rings. The third-order valence-corrected chi connectivity index (χ3v) is 5.47. The second-order valence-corrected chi connectivity index (χ2v) is 7.24. The van der Waals surface area contributed by atoms with Gasteiger partial charge in [-0.05, 0) is 44.9 Å². The maximum atomic E-state index is 12.6. The number of carboxylic acid groups (broad SMARTS) is 1. The Balaban J connectivity index is 0.00000261. The van der Waals surface area contributed by atoms with E-state index in [1.165, 1.54) is 0 Å². The van der Waals surface area contributed by atoms with Crippen molar-refractivity contribution >= 4 is 35.9 Å². The summed E-state index contributed by atoms with van der Waals surface area (Å²) in [6, 6.07) is 5.75. The van der Waals surface area contributed by atoms with Crippen molar-refractivity contribution in [1.29, 1.82) is 0 Å². The first-order valence-corrected chi connectivity index (χ1v) is 8.98. The lowest BCUT2D eigenvalue weighted by atomic mass is 10.1. The van der Waals surface area contributed by atoms with Gasteiger partial charge in [-0.2, -0.15) is 5.10 Å². The third-order valence-electron chi connectivity index (χ3n) is 5.06. The number of nitrogens with zero attached hydrogens (tertiary/aromatic N) is 3. The van der Waals surface area contributed by atoms with Gasteiger partial charge in [0.05, 0.1) is 23.7 Å². The Bertz CT molecular complexity index is 879. The number of carboxylic acids is 1. The molecule has 1 N–H and O–H groups in total. The first-order valence-electron chi connectivity index (χ1n) is 8.60. The van der Waals surface area contributed by atoms with E-state index in [1.54, 1.807) is 9.58 Å². The molecule has 1 unspecified atom stereocenters. The van der Waals surface area contributed by atoms with Crippen molar-refractivity contribution in [2.24, 2.45) is 5.92 Å². The molecule has 2 aromatic rings. The molecule has 0 aliphatic carbocycles. The Labute approximate surface area is 169 Å². The summed E-state index contributed by atoms with van der Waals surface area (Å²) in [6.45, 7) is 6.54. The summed E-state index contributed by atoms with van der Waals surface area (Å²) in [5.74, 6) is -1.35. The summed E-state index contributed by atoms with van der Waals surface area (Å²) >= 11 is 6.22. The third kappa shape index (κ3) is 4.28. The summed E-state index contributed by atoms with van der Waals surface area (Å²) in [4.78, 5) is 25.3. The van der Waals surface area contributed by atoms with Gasteiger partial charge in [0, 0.05) is 29.4 Å². The molecule has 8 heteroatoms. The van der Waals surface area contributed by atoms with Gasteiger partial charge in [0.1, 0.15) is 0 Å². The van der Waals surface area contributed by atoms with Crippen LogP contribution in [0.1, 0.15) is 28.9 Å². The second-order valence-electron chi connectivity index (χ2n) is 6.84. The van der Waals surface area contributed by atoms with Gasteiger partial charge in [-0.25, -0.2) is 4.68 Å². The Morgan fingerprint density at radius 1 is 1.30 bits per heavy atom. The van der Waals surface area contributed by atoms with Crippen molar-refractivity contribution in [2.75, 3.05) is 13.1 Å². The van der Waals surface area contributed by atoms with Gasteiger partial charge >= 0.3 is 5.97 Å². The minimum absolute atomic E-state index is 0. The van der Waals surface area contributed by atoms with E-state index in [2.05, 4.69) is 5.10 Å². The van der Waals surface area contributed by atoms with Gasteiger partial charge in [0.2, 0.25) is 5.91 Å². The number of aryl methyl sites for hydroxylation is 2. The number of rotatable bonds is 4. The molecule has 1 aliphatic heterocycles. The summed E-state index contributed by atoms with van der Waals surface area (Å²) in [6.07, 6.45) is 0.740. The van der Waals surface area contributed by atoms with Crippen LogP contribution in [0.25, 0.3) is 5.69 Å². The molecular weight excluding hydrogens is 389 g/mol. The molecule has 0 radical (unpaired) electrons. The Morgan fingerprint density at radius 2 is 2.00 bits per heavy atom. The predicted molar refractivity (Wildman–Crippen MR) is 106 cm³/mol. The highest BCUT2D eigenvalue weighted by Crippen LogP contribution is 2.24. The Hall–Kier alpha value is -2.05. The van der Waals surface area contributed by atoms with Gasteiger partial charge in [-0.1, -0.05) is 17.7 Å². The van der Waals surface area contributed by atoms with Crippen molar-refractivity contribution in [2.45, 2.75) is 33.6 Å². The monoisotopic (exact) mass is 411 g/mol. The summed E-state index contributed by atoms with van der Waals surface area (Å²) in [5, 5.41) is 14.3. The van der Waals surface area contributed by atoms with Gasteiger partial charge < -0.3 is 10.0 Å². The van der Waals surface area contributed by atoms with Crippen molar-refractivity contribution in [3.63, 3.8) is 0 Å². The lowest BCUT2D eigenvalue weighted by molar-refractivity contribution is -0.141. The average Bonchev–Trinajstić information content (AvgIpc) is 3.18. The smallest absolute Gasteiger partial charge is 0.308 e. The van der Waals surface area contributed by atoms with Gasteiger partial charge in [-0.15, -0.1) is 12.4 Å². The lowest BCUT2D eigenvalue weighted by Crippen LogP contribution is -2.31. The molecule has 6 nitrogen and oxygen atoms in total. The van der Waals surface area contributed by atoms with Crippen LogP contribution in [0, 0.1) is 26.7 Å². The zero-order chi connectivity index (χ0) is 19.0. The fourth-order valence-corrected chi connectivity index (χ4v) is 3.52. The second kappa shape index (κ2) is 8.31. The Kier molecular flexibility index (Phi) is 6.54. The van der Waals surface area contributed by atoms with E-state index < -0.39 is 11.9 Å². The van der Waals surface area contributed by atoms with Crippen LogP contribution in [0.15, 0.2) is 18.2 Å². The zero-order valence-corrected chi connectivity index (χ0v) is 17.1. The zero-order valence-electron chi connectivity index (χ0n) is 15.5. The molecule has 0 spiro atoms. The average molecular weight is 412 g/mol. The summed E-state index contributed by atoms with van der Waals surface area (Å²) < 4.78 is 1.80. The fourth-order valence-electron chi connectivity index (χ4n) is 3.35. The molecule has 0 saturated carbocycles. The van der Waals surface area contributed by atoms with Gasteiger partial charge in [0.15, 0.2) is 0 Å². The van der Waals surface area contributed by atoms with Crippen molar-refractivity contribution in [3.05, 3.63) is 45.7 Å². The van der Waals surface area contributed by atoms with Crippen LogP contribution < -0.4 is 0 Å². The van der Waals surface area contributed by atoms with Crippen LogP contribution in [-0.4, -0.2) is 44.8 Å². The highest BCUT2D eigenvalue weighted by Gasteiger charge is 2.31. The van der Waals surface area contributed by atoms with E-state index in [0.29, 0.717) is 18.0 Å². The largest absolute Gasteiger partial charge is 0.481 e. The number of amides is 1. The highest BCUT2D eigenvalue weighted by molar-refractivity contribution is 6.31. The number of hydrogen-bond acceptors (Lipinski definition) is 3. The minimum atomic E-state index is -0.836. The van der Waals surface area contributed by atoms with E-state index in [1.807, 2.05) is 39.0 Å². The number of hydrogen-bond donors (Lipinski definition) is 1. The molecule has 1 aromatic carbocycles. The number of halogens is 2. The van der Waals surface area contributed by atoms with Crippen molar-refractivity contribution in [1.82, 2.24) is 14.7 Å². The quantitative estimate of drug-likeness (QED) is 0.836. The minimum Gasteiger partial charge on any atom is -0.481 e.